The minimum Gasteiger partial charge on any atom is -0.454 e. The van der Waals surface area contributed by atoms with Gasteiger partial charge in [0.1, 0.15) is 24.4 Å². The molecule has 0 aromatic heterocycles. The fraction of sp³-hybridized carbons (Fsp3) is 0.646. The molecule has 1 heterocycles. The number of carbonyl (C=O) groups is 2. The number of rotatable bonds is 59. The van der Waals surface area contributed by atoms with Crippen molar-refractivity contribution >= 4 is 11.9 Å². The van der Waals surface area contributed by atoms with E-state index in [-0.39, 0.29) is 19.4 Å². The van der Waals surface area contributed by atoms with Crippen LogP contribution < -0.4 is 5.32 Å². The Labute approximate surface area is 548 Å². The summed E-state index contributed by atoms with van der Waals surface area (Å²) < 4.78 is 17.7. The molecule has 90 heavy (non-hydrogen) atoms. The number of carbonyl (C=O) groups excluding carboxylic acids is 2. The van der Waals surface area contributed by atoms with Gasteiger partial charge in [-0.3, -0.25) is 9.59 Å². The molecule has 0 bridgehead atoms. The maximum absolute atomic E-state index is 13.5. The van der Waals surface area contributed by atoms with E-state index in [2.05, 4.69) is 172 Å². The van der Waals surface area contributed by atoms with E-state index in [4.69, 9.17) is 14.2 Å². The van der Waals surface area contributed by atoms with Crippen molar-refractivity contribution in [2.24, 2.45) is 0 Å². The Kier molecular flexibility index (Phi) is 59.6. The van der Waals surface area contributed by atoms with E-state index in [0.717, 1.165) is 154 Å². The molecule has 6 N–H and O–H groups in total. The zero-order chi connectivity index (χ0) is 65.3. The van der Waals surface area contributed by atoms with Gasteiger partial charge in [-0.25, -0.2) is 0 Å². The monoisotopic (exact) mass is 1250 g/mol. The van der Waals surface area contributed by atoms with Crippen LogP contribution in [0.15, 0.2) is 158 Å². The van der Waals surface area contributed by atoms with Crippen molar-refractivity contribution in [3.05, 3.63) is 158 Å². The Morgan fingerprint density at radius 1 is 0.444 bits per heavy atom. The summed E-state index contributed by atoms with van der Waals surface area (Å²) in [6.45, 7) is 5.54. The van der Waals surface area contributed by atoms with Crippen LogP contribution in [-0.4, -0.2) is 99.6 Å². The van der Waals surface area contributed by atoms with Crippen molar-refractivity contribution in [2.45, 2.75) is 314 Å². The third kappa shape index (κ3) is 50.9. The van der Waals surface area contributed by atoms with Crippen molar-refractivity contribution in [1.82, 2.24) is 5.32 Å². The van der Waals surface area contributed by atoms with Crippen molar-refractivity contribution in [1.29, 1.82) is 0 Å². The van der Waals surface area contributed by atoms with Gasteiger partial charge in [-0.15, -0.1) is 0 Å². The molecule has 1 fully saturated rings. The fourth-order valence-corrected chi connectivity index (χ4v) is 10.1. The second-order valence-electron chi connectivity index (χ2n) is 23.9. The molecule has 11 nitrogen and oxygen atoms in total. The Morgan fingerprint density at radius 3 is 1.20 bits per heavy atom. The van der Waals surface area contributed by atoms with Gasteiger partial charge in [0, 0.05) is 6.42 Å². The smallest absolute Gasteiger partial charge is 0.306 e. The Balaban J connectivity index is 2.61. The molecule has 0 aliphatic carbocycles. The van der Waals surface area contributed by atoms with Gasteiger partial charge in [-0.05, 0) is 128 Å². The van der Waals surface area contributed by atoms with Crippen LogP contribution in [-0.2, 0) is 23.8 Å². The summed E-state index contributed by atoms with van der Waals surface area (Å²) in [5, 5.41) is 57.2. The van der Waals surface area contributed by atoms with Crippen LogP contribution in [0.2, 0.25) is 0 Å². The Bertz CT molecular complexity index is 2080. The van der Waals surface area contributed by atoms with E-state index in [0.29, 0.717) is 12.8 Å². The normalized spacial score (nSPS) is 19.0. The molecular weight excluding hydrogens is 1120 g/mol. The summed E-state index contributed by atoms with van der Waals surface area (Å²) >= 11 is 0. The van der Waals surface area contributed by atoms with Gasteiger partial charge in [-0.1, -0.05) is 288 Å². The summed E-state index contributed by atoms with van der Waals surface area (Å²) in [4.78, 5) is 26.7. The number of hydrogen-bond donors (Lipinski definition) is 6. The lowest BCUT2D eigenvalue weighted by Crippen LogP contribution is -2.61. The molecule has 0 saturated carbocycles. The molecule has 0 aromatic carbocycles. The van der Waals surface area contributed by atoms with E-state index in [9.17, 15) is 35.1 Å². The number of esters is 1. The summed E-state index contributed by atoms with van der Waals surface area (Å²) in [6.07, 6.45) is 84.1. The number of ether oxygens (including phenoxy) is 3. The first-order valence-electron chi connectivity index (χ1n) is 35.8. The molecule has 8 unspecified atom stereocenters. The number of amides is 1. The molecule has 1 amide bonds. The molecule has 1 saturated heterocycles. The molecule has 8 atom stereocenters. The zero-order valence-electron chi connectivity index (χ0n) is 56.7. The molecule has 1 aliphatic rings. The standard InChI is InChI=1S/C79H129NO10/c1-4-7-10-13-16-19-22-25-27-29-31-33-35-36-37-38-39-41-43-45-47-49-52-55-58-61-64-67-74(84)90-77-76(86)75(85)73(68-81)89-79(77)88-69-70(71(82)65-62-59-56-53-50-24-21-18-15-12-9-6-3)80-78(87)72(83)66-63-60-57-54-51-48-46-44-42-40-34-32-30-28-26-23-20-17-14-11-8-5-2/h7-8,10-11,16-17,19-20,25-28,31-34,36-37,39,41-42,44,48,51,62,65,70-73,75-77,79,81-83,85-86H,4-6,9,12-15,18,21-24,29-30,35,38,40,43,45-47,49-50,52-61,63-64,66-69H2,1-3H3,(H,80,87)/b10-7-,11-8-,19-16-,20-17-,27-25-,28-26-,33-31-,34-32-,37-36-,41-39-,44-42-,51-48-,65-62+. The average Bonchev–Trinajstić information content (AvgIpc) is 3.71. The molecule has 1 rings (SSSR count). The van der Waals surface area contributed by atoms with Crippen LogP contribution in [0.25, 0.3) is 0 Å². The van der Waals surface area contributed by atoms with Crippen molar-refractivity contribution in [2.75, 3.05) is 13.2 Å². The van der Waals surface area contributed by atoms with Crippen LogP contribution in [0.3, 0.4) is 0 Å². The van der Waals surface area contributed by atoms with E-state index < -0.39 is 67.4 Å². The molecule has 0 radical (unpaired) electrons. The third-order valence-electron chi connectivity index (χ3n) is 15.7. The Hall–Kier alpha value is -4.72. The van der Waals surface area contributed by atoms with Crippen LogP contribution in [0.1, 0.15) is 265 Å². The highest BCUT2D eigenvalue weighted by Gasteiger charge is 2.47. The maximum atomic E-state index is 13.5. The second-order valence-corrected chi connectivity index (χ2v) is 23.9. The molecule has 11 heteroatoms. The van der Waals surface area contributed by atoms with Gasteiger partial charge in [0.15, 0.2) is 12.4 Å². The SMILES string of the molecule is CC/C=C\C/C=C\C/C=C\C/C=C\C/C=C\C/C=C\CCCCCCCCCCC(=O)OC1C(OCC(NC(=O)C(O)CCCCC/C=C\C/C=C\C/C=C\C/C=C\C/C=C\C/C=C\CC)C(O)/C=C/CCCCCCCCCCCC)OC(CO)C(O)C1O. The van der Waals surface area contributed by atoms with Crippen molar-refractivity contribution < 1.29 is 49.3 Å². The summed E-state index contributed by atoms with van der Waals surface area (Å²) in [6, 6.07) is -1.05. The van der Waals surface area contributed by atoms with E-state index in [1.807, 2.05) is 6.08 Å². The number of aliphatic hydroxyl groups excluding tert-OH is 5. The lowest BCUT2D eigenvalue weighted by molar-refractivity contribution is -0.305. The lowest BCUT2D eigenvalue weighted by atomic mass is 9.99. The average molecular weight is 1250 g/mol. The largest absolute Gasteiger partial charge is 0.454 e. The lowest BCUT2D eigenvalue weighted by Gasteiger charge is -2.41. The highest BCUT2D eigenvalue weighted by Crippen LogP contribution is 2.26. The van der Waals surface area contributed by atoms with E-state index >= 15 is 0 Å². The predicted octanol–water partition coefficient (Wildman–Crippen LogP) is 18.7. The van der Waals surface area contributed by atoms with Gasteiger partial charge in [0.2, 0.25) is 5.91 Å². The number of hydrogen-bond acceptors (Lipinski definition) is 10. The number of allylic oxidation sites excluding steroid dienone is 25. The van der Waals surface area contributed by atoms with E-state index in [1.165, 1.54) is 64.2 Å². The Morgan fingerprint density at radius 2 is 0.800 bits per heavy atom. The van der Waals surface area contributed by atoms with Gasteiger partial charge >= 0.3 is 5.97 Å². The van der Waals surface area contributed by atoms with Gasteiger partial charge in [0.25, 0.3) is 0 Å². The highest BCUT2D eigenvalue weighted by molar-refractivity contribution is 5.80. The van der Waals surface area contributed by atoms with Crippen molar-refractivity contribution in [3.8, 4) is 0 Å². The quantitative estimate of drug-likeness (QED) is 0.0195. The molecule has 1 aliphatic heterocycles. The first-order valence-corrected chi connectivity index (χ1v) is 35.8. The van der Waals surface area contributed by atoms with Crippen LogP contribution in [0.4, 0.5) is 0 Å². The summed E-state index contributed by atoms with van der Waals surface area (Å²) in [7, 11) is 0. The minimum absolute atomic E-state index is 0.100. The second kappa shape index (κ2) is 64.4. The van der Waals surface area contributed by atoms with Crippen LogP contribution in [0, 0.1) is 0 Å². The van der Waals surface area contributed by atoms with Crippen LogP contribution >= 0.6 is 0 Å². The van der Waals surface area contributed by atoms with Crippen molar-refractivity contribution in [3.63, 3.8) is 0 Å². The molecule has 0 spiro atoms. The predicted molar refractivity (Wildman–Crippen MR) is 379 cm³/mol. The zero-order valence-corrected chi connectivity index (χ0v) is 56.7. The molecule has 510 valence electrons. The summed E-state index contributed by atoms with van der Waals surface area (Å²) in [5.41, 5.74) is 0. The third-order valence-corrected chi connectivity index (χ3v) is 15.7. The minimum atomic E-state index is -1.63. The van der Waals surface area contributed by atoms with E-state index in [1.54, 1.807) is 6.08 Å². The molecule has 0 aromatic rings. The first-order chi connectivity index (χ1) is 44.2. The number of nitrogens with one attached hydrogen (secondary N) is 1. The van der Waals surface area contributed by atoms with Gasteiger partial charge in [0.05, 0.1) is 25.4 Å². The molecular formula is C79H129NO10. The number of aliphatic hydroxyl groups is 5. The maximum Gasteiger partial charge on any atom is 0.306 e. The summed E-state index contributed by atoms with van der Waals surface area (Å²) in [5.74, 6) is -1.24. The van der Waals surface area contributed by atoms with Gasteiger partial charge in [-0.2, -0.15) is 0 Å². The number of unbranched alkanes of at least 4 members (excludes halogenated alkanes) is 21. The van der Waals surface area contributed by atoms with Gasteiger partial charge < -0.3 is 45.1 Å². The first kappa shape index (κ1) is 83.3. The fourth-order valence-electron chi connectivity index (χ4n) is 10.1. The topological polar surface area (TPSA) is 175 Å². The van der Waals surface area contributed by atoms with Crippen LogP contribution in [0.5, 0.6) is 0 Å². The highest BCUT2D eigenvalue weighted by atomic mass is 16.7.